The first-order valence-electron chi connectivity index (χ1n) is 7.41. The highest BCUT2D eigenvalue weighted by Gasteiger charge is 2.33. The Bertz CT molecular complexity index is 564. The van der Waals surface area contributed by atoms with E-state index >= 15 is 0 Å². The molecule has 0 N–H and O–H groups in total. The topological polar surface area (TPSA) is 56.2 Å². The average Bonchev–Trinajstić information content (AvgIpc) is 3.03. The van der Waals surface area contributed by atoms with Crippen LogP contribution in [0.25, 0.3) is 0 Å². The third-order valence-corrected chi connectivity index (χ3v) is 4.86. The molecular formula is C15H22N4O2S. The zero-order valence-corrected chi connectivity index (χ0v) is 14.3. The fourth-order valence-corrected chi connectivity index (χ4v) is 3.38. The van der Waals surface area contributed by atoms with Gasteiger partial charge in [-0.05, 0) is 26.0 Å². The van der Waals surface area contributed by atoms with E-state index in [1.165, 1.54) is 5.01 Å². The Kier molecular flexibility index (Phi) is 5.28. The van der Waals surface area contributed by atoms with Gasteiger partial charge < -0.3 is 9.80 Å². The number of allylic oxidation sites excluding steroid dienone is 2. The number of carbonyl (C=O) groups excluding carboxylic acids is 2. The summed E-state index contributed by atoms with van der Waals surface area (Å²) in [5.74, 6) is 0.608. The molecule has 0 aliphatic carbocycles. The van der Waals surface area contributed by atoms with Gasteiger partial charge in [0.2, 0.25) is 0 Å². The van der Waals surface area contributed by atoms with Crippen LogP contribution in [0.1, 0.15) is 13.8 Å². The molecule has 1 fully saturated rings. The van der Waals surface area contributed by atoms with Crippen LogP contribution in [0.3, 0.4) is 0 Å². The van der Waals surface area contributed by atoms with Crippen LogP contribution in [0, 0.1) is 0 Å². The smallest absolute Gasteiger partial charge is 0.276 e. The molecular weight excluding hydrogens is 300 g/mol. The summed E-state index contributed by atoms with van der Waals surface area (Å²) < 4.78 is 0. The predicted molar refractivity (Wildman–Crippen MR) is 89.4 cm³/mol. The van der Waals surface area contributed by atoms with Gasteiger partial charge in [-0.1, -0.05) is 0 Å². The minimum absolute atomic E-state index is 0.195. The summed E-state index contributed by atoms with van der Waals surface area (Å²) >= 11 is 1.74. The Balaban J connectivity index is 2.29. The minimum atomic E-state index is -0.238. The van der Waals surface area contributed by atoms with Crippen molar-refractivity contribution in [2.75, 3.05) is 39.5 Å². The van der Waals surface area contributed by atoms with Crippen molar-refractivity contribution in [2.24, 2.45) is 5.10 Å². The molecule has 0 aromatic heterocycles. The van der Waals surface area contributed by atoms with E-state index in [2.05, 4.69) is 10.0 Å². The van der Waals surface area contributed by atoms with E-state index in [-0.39, 0.29) is 17.5 Å². The highest BCUT2D eigenvalue weighted by molar-refractivity contribution is 8.03. The predicted octanol–water partition coefficient (Wildman–Crippen LogP) is 1.13. The third kappa shape index (κ3) is 3.19. The maximum absolute atomic E-state index is 12.5. The van der Waals surface area contributed by atoms with Crippen LogP contribution in [0.4, 0.5) is 0 Å². The standard InChI is InChI=1S/C15H22N4O2S/c1-5-19(6-2)15(21)13-11(14(20)18(4)16-13)7-8-12-17(3)9-10-22-12/h7-8H,5-6,9-10H2,1-4H3/b11-7+,12-8+. The molecule has 0 bridgehead atoms. The summed E-state index contributed by atoms with van der Waals surface area (Å²) in [5, 5.41) is 6.45. The van der Waals surface area contributed by atoms with Gasteiger partial charge >= 0.3 is 0 Å². The number of carbonyl (C=O) groups is 2. The van der Waals surface area contributed by atoms with Crippen LogP contribution < -0.4 is 0 Å². The monoisotopic (exact) mass is 322 g/mol. The van der Waals surface area contributed by atoms with E-state index < -0.39 is 0 Å². The number of hydrogen-bond donors (Lipinski definition) is 0. The maximum atomic E-state index is 12.5. The van der Waals surface area contributed by atoms with Crippen LogP contribution in [0.15, 0.2) is 27.9 Å². The van der Waals surface area contributed by atoms with Crippen LogP contribution in [0.5, 0.6) is 0 Å². The van der Waals surface area contributed by atoms with Gasteiger partial charge in [0, 0.05) is 39.5 Å². The maximum Gasteiger partial charge on any atom is 0.276 e. The first-order chi connectivity index (χ1) is 10.5. The Hall–Kier alpha value is -1.76. The molecule has 120 valence electrons. The SMILES string of the molecule is CCN(CC)C(=O)C1=NN(C)C(=O)/C1=C/C=C1/SCCN1C. The molecule has 2 heterocycles. The van der Waals surface area contributed by atoms with Gasteiger partial charge in [0.05, 0.1) is 10.6 Å². The van der Waals surface area contributed by atoms with E-state index in [0.717, 1.165) is 17.3 Å². The largest absolute Gasteiger partial charge is 0.369 e. The van der Waals surface area contributed by atoms with Crippen molar-refractivity contribution in [1.82, 2.24) is 14.8 Å². The molecule has 2 aliphatic rings. The molecule has 0 radical (unpaired) electrons. The van der Waals surface area contributed by atoms with Crippen molar-refractivity contribution in [3.05, 3.63) is 22.8 Å². The zero-order valence-electron chi connectivity index (χ0n) is 13.5. The van der Waals surface area contributed by atoms with Crippen molar-refractivity contribution < 1.29 is 9.59 Å². The highest BCUT2D eigenvalue weighted by Crippen LogP contribution is 2.26. The summed E-state index contributed by atoms with van der Waals surface area (Å²) in [4.78, 5) is 28.5. The molecule has 6 nitrogen and oxygen atoms in total. The Morgan fingerprint density at radius 2 is 2.00 bits per heavy atom. The molecule has 22 heavy (non-hydrogen) atoms. The van der Waals surface area contributed by atoms with Crippen molar-refractivity contribution >= 4 is 29.3 Å². The van der Waals surface area contributed by atoms with Gasteiger partial charge in [-0.25, -0.2) is 5.01 Å². The second-order valence-electron chi connectivity index (χ2n) is 5.11. The number of hydrazone groups is 1. The molecule has 0 atom stereocenters. The number of likely N-dealkylation sites (N-methyl/N-ethyl adjacent to an activating group) is 1. The van der Waals surface area contributed by atoms with Crippen molar-refractivity contribution in [1.29, 1.82) is 0 Å². The second-order valence-corrected chi connectivity index (χ2v) is 6.23. The molecule has 0 aromatic rings. The van der Waals surface area contributed by atoms with Gasteiger partial charge in [0.1, 0.15) is 0 Å². The lowest BCUT2D eigenvalue weighted by atomic mass is 10.1. The molecule has 1 saturated heterocycles. The Morgan fingerprint density at radius 1 is 1.32 bits per heavy atom. The Morgan fingerprint density at radius 3 is 2.55 bits per heavy atom. The van der Waals surface area contributed by atoms with Gasteiger partial charge in [0.25, 0.3) is 11.8 Å². The van der Waals surface area contributed by atoms with E-state index in [0.29, 0.717) is 18.7 Å². The van der Waals surface area contributed by atoms with Crippen molar-refractivity contribution in [3.8, 4) is 0 Å². The molecule has 2 amide bonds. The number of amides is 2. The number of thioether (sulfide) groups is 1. The summed E-state index contributed by atoms with van der Waals surface area (Å²) in [7, 11) is 3.59. The lowest BCUT2D eigenvalue weighted by molar-refractivity contribution is -0.125. The first kappa shape index (κ1) is 16.6. The van der Waals surface area contributed by atoms with Gasteiger partial charge in [0.15, 0.2) is 5.71 Å². The number of hydrogen-bond acceptors (Lipinski definition) is 5. The molecule has 0 unspecified atom stereocenters. The van der Waals surface area contributed by atoms with Gasteiger partial charge in [-0.3, -0.25) is 9.59 Å². The minimum Gasteiger partial charge on any atom is -0.369 e. The van der Waals surface area contributed by atoms with Gasteiger partial charge in [-0.2, -0.15) is 5.10 Å². The third-order valence-electron chi connectivity index (χ3n) is 3.73. The van der Waals surface area contributed by atoms with Crippen LogP contribution >= 0.6 is 11.8 Å². The van der Waals surface area contributed by atoms with Gasteiger partial charge in [-0.15, -0.1) is 11.8 Å². The van der Waals surface area contributed by atoms with E-state index in [1.807, 2.05) is 27.0 Å². The molecule has 2 aliphatic heterocycles. The summed E-state index contributed by atoms with van der Waals surface area (Å²) in [5.41, 5.74) is 0.603. The highest BCUT2D eigenvalue weighted by atomic mass is 32.2. The van der Waals surface area contributed by atoms with E-state index in [9.17, 15) is 9.59 Å². The van der Waals surface area contributed by atoms with Crippen LogP contribution in [0.2, 0.25) is 0 Å². The molecule has 7 heteroatoms. The lowest BCUT2D eigenvalue weighted by Crippen LogP contribution is -2.36. The normalized spacial score (nSPS) is 22.0. The zero-order chi connectivity index (χ0) is 16.3. The Labute approximate surface area is 135 Å². The lowest BCUT2D eigenvalue weighted by Gasteiger charge is -2.18. The summed E-state index contributed by atoms with van der Waals surface area (Å²) in [6.45, 7) is 6.02. The molecule has 0 spiro atoms. The second kappa shape index (κ2) is 7.00. The fraction of sp³-hybridized carbons (Fsp3) is 0.533. The molecule has 0 aromatic carbocycles. The summed E-state index contributed by atoms with van der Waals surface area (Å²) in [6, 6.07) is 0. The fourth-order valence-electron chi connectivity index (χ4n) is 2.33. The number of rotatable bonds is 4. The van der Waals surface area contributed by atoms with E-state index in [1.54, 1.807) is 29.8 Å². The first-order valence-corrected chi connectivity index (χ1v) is 8.40. The van der Waals surface area contributed by atoms with Crippen LogP contribution in [-0.2, 0) is 9.59 Å². The van der Waals surface area contributed by atoms with Crippen molar-refractivity contribution in [3.63, 3.8) is 0 Å². The molecule has 2 rings (SSSR count). The van der Waals surface area contributed by atoms with Crippen LogP contribution in [-0.4, -0.2) is 71.8 Å². The average molecular weight is 322 g/mol. The quantitative estimate of drug-likeness (QED) is 0.728. The summed E-state index contributed by atoms with van der Waals surface area (Å²) in [6.07, 6.45) is 3.62. The number of nitrogens with zero attached hydrogens (tertiary/aromatic N) is 4. The van der Waals surface area contributed by atoms with Crippen molar-refractivity contribution in [2.45, 2.75) is 13.8 Å². The van der Waals surface area contributed by atoms with E-state index in [4.69, 9.17) is 0 Å². The molecule has 0 saturated carbocycles.